The minimum Gasteiger partial charge on any atom is -0.398 e. The number of anilines is 1. The van der Waals surface area contributed by atoms with Gasteiger partial charge in [0.15, 0.2) is 0 Å². The van der Waals surface area contributed by atoms with Gasteiger partial charge in [-0.3, -0.25) is 4.99 Å². The molecule has 0 heterocycles. The third kappa shape index (κ3) is 4.37. The Hall–Kier alpha value is -1.83. The van der Waals surface area contributed by atoms with Crippen LogP contribution in [-0.2, 0) is 0 Å². The molecule has 0 spiro atoms. The molecule has 1 aliphatic rings. The second-order valence-electron chi connectivity index (χ2n) is 4.84. The van der Waals surface area contributed by atoms with Crippen LogP contribution >= 0.6 is 0 Å². The van der Waals surface area contributed by atoms with Crippen molar-refractivity contribution < 1.29 is 0 Å². The number of hydrogen-bond donors (Lipinski definition) is 1. The van der Waals surface area contributed by atoms with E-state index in [9.17, 15) is 0 Å². The molecule has 1 aliphatic carbocycles. The fourth-order valence-electron chi connectivity index (χ4n) is 1.88. The number of nitrogens with zero attached hydrogens (tertiary/aromatic N) is 1. The number of allylic oxidation sites excluding steroid dienone is 2. The van der Waals surface area contributed by atoms with Crippen molar-refractivity contribution in [2.75, 3.05) is 5.73 Å². The van der Waals surface area contributed by atoms with E-state index in [1.165, 1.54) is 18.4 Å². The largest absolute Gasteiger partial charge is 0.398 e. The van der Waals surface area contributed by atoms with Gasteiger partial charge in [0.05, 0.1) is 5.70 Å². The number of aliphatic imine (C=N–C) groups is 1. The van der Waals surface area contributed by atoms with E-state index in [2.05, 4.69) is 24.6 Å². The van der Waals surface area contributed by atoms with Crippen LogP contribution in [0.2, 0.25) is 0 Å². The highest BCUT2D eigenvalue weighted by Crippen LogP contribution is 2.35. The zero-order valence-corrected chi connectivity index (χ0v) is 13.1. The second kappa shape index (κ2) is 7.68. The highest BCUT2D eigenvalue weighted by atomic mass is 14.7. The molecule has 1 saturated carbocycles. The van der Waals surface area contributed by atoms with E-state index in [1.54, 1.807) is 0 Å². The van der Waals surface area contributed by atoms with Crippen molar-refractivity contribution in [1.82, 2.24) is 0 Å². The van der Waals surface area contributed by atoms with Gasteiger partial charge >= 0.3 is 0 Å². The Kier molecular flexibility index (Phi) is 6.23. The molecular weight excluding hydrogens is 244 g/mol. The van der Waals surface area contributed by atoms with Crippen molar-refractivity contribution in [2.24, 2.45) is 10.9 Å². The van der Waals surface area contributed by atoms with E-state index in [0.29, 0.717) is 0 Å². The summed E-state index contributed by atoms with van der Waals surface area (Å²) >= 11 is 0. The van der Waals surface area contributed by atoms with Gasteiger partial charge in [0, 0.05) is 17.5 Å². The Labute approximate surface area is 123 Å². The Balaban J connectivity index is 0.000000956. The first kappa shape index (κ1) is 16.2. The van der Waals surface area contributed by atoms with Gasteiger partial charge in [0.1, 0.15) is 0 Å². The van der Waals surface area contributed by atoms with Gasteiger partial charge in [-0.05, 0) is 49.8 Å². The smallest absolute Gasteiger partial charge is 0.0631 e. The topological polar surface area (TPSA) is 38.4 Å². The molecule has 0 aliphatic heterocycles. The fourth-order valence-corrected chi connectivity index (χ4v) is 1.88. The molecule has 0 saturated heterocycles. The van der Waals surface area contributed by atoms with E-state index in [1.807, 2.05) is 45.2 Å². The van der Waals surface area contributed by atoms with Gasteiger partial charge in [-0.25, -0.2) is 0 Å². The highest BCUT2D eigenvalue weighted by Gasteiger charge is 2.24. The summed E-state index contributed by atoms with van der Waals surface area (Å²) < 4.78 is 0. The predicted octanol–water partition coefficient (Wildman–Crippen LogP) is 5.00. The van der Waals surface area contributed by atoms with Crippen molar-refractivity contribution in [1.29, 1.82) is 0 Å². The molecular formula is C18H26N2. The van der Waals surface area contributed by atoms with Gasteiger partial charge in [-0.1, -0.05) is 38.6 Å². The van der Waals surface area contributed by atoms with Crippen LogP contribution in [0.3, 0.4) is 0 Å². The summed E-state index contributed by atoms with van der Waals surface area (Å²) in [4.78, 5) is 4.45. The normalized spacial score (nSPS) is 14.9. The molecule has 2 rings (SSSR count). The first-order valence-electron chi connectivity index (χ1n) is 7.37. The summed E-state index contributed by atoms with van der Waals surface area (Å²) in [6.45, 7) is 12.1. The van der Waals surface area contributed by atoms with E-state index in [4.69, 9.17) is 5.73 Å². The zero-order chi connectivity index (χ0) is 15.1. The van der Waals surface area contributed by atoms with E-state index in [0.717, 1.165) is 28.4 Å². The number of nitrogen functional groups attached to an aromatic ring is 1. The van der Waals surface area contributed by atoms with Gasteiger partial charge in [0.25, 0.3) is 0 Å². The molecule has 1 fully saturated rings. The molecule has 0 atom stereocenters. The molecule has 2 N–H and O–H groups in total. The van der Waals surface area contributed by atoms with Crippen LogP contribution in [0.25, 0.3) is 5.70 Å². The average molecular weight is 270 g/mol. The van der Waals surface area contributed by atoms with Crippen molar-refractivity contribution in [3.8, 4) is 0 Å². The predicted molar refractivity (Wildman–Crippen MR) is 90.9 cm³/mol. The number of benzene rings is 1. The van der Waals surface area contributed by atoms with Crippen LogP contribution in [0.15, 0.2) is 41.4 Å². The van der Waals surface area contributed by atoms with Crippen LogP contribution in [0.5, 0.6) is 0 Å². The molecule has 1 aromatic carbocycles. The maximum atomic E-state index is 5.89. The maximum absolute atomic E-state index is 5.89. The SMILES string of the molecule is C=C(N=C/C(=C\C)C1CC1)c1ccc(C)c(N)c1.CC. The first-order valence-corrected chi connectivity index (χ1v) is 7.37. The molecule has 2 nitrogen and oxygen atoms in total. The minimum absolute atomic E-state index is 0.717. The Morgan fingerprint density at radius 3 is 2.50 bits per heavy atom. The Morgan fingerprint density at radius 2 is 2.00 bits per heavy atom. The summed E-state index contributed by atoms with van der Waals surface area (Å²) in [5, 5.41) is 0. The molecule has 0 bridgehead atoms. The van der Waals surface area contributed by atoms with Gasteiger partial charge in [-0.15, -0.1) is 0 Å². The molecule has 108 valence electrons. The van der Waals surface area contributed by atoms with Crippen LogP contribution in [0.4, 0.5) is 5.69 Å². The fraction of sp³-hybridized carbons (Fsp3) is 0.389. The summed E-state index contributed by atoms with van der Waals surface area (Å²) in [5.41, 5.74) is 10.8. The Bertz CT molecular complexity index is 520. The summed E-state index contributed by atoms with van der Waals surface area (Å²) in [7, 11) is 0. The van der Waals surface area contributed by atoms with Crippen molar-refractivity contribution in [3.05, 3.63) is 47.6 Å². The molecule has 20 heavy (non-hydrogen) atoms. The molecule has 0 aromatic heterocycles. The zero-order valence-electron chi connectivity index (χ0n) is 13.1. The minimum atomic E-state index is 0.717. The van der Waals surface area contributed by atoms with Gasteiger partial charge in [-0.2, -0.15) is 0 Å². The number of rotatable bonds is 4. The molecule has 2 heteroatoms. The van der Waals surface area contributed by atoms with Crippen LogP contribution in [0.1, 0.15) is 44.7 Å². The summed E-state index contributed by atoms with van der Waals surface area (Å²) in [6.07, 6.45) is 6.65. The maximum Gasteiger partial charge on any atom is 0.0631 e. The molecule has 1 aromatic rings. The van der Waals surface area contributed by atoms with Gasteiger partial charge < -0.3 is 5.73 Å². The molecule has 0 radical (unpaired) electrons. The lowest BCUT2D eigenvalue weighted by atomic mass is 10.1. The number of nitrogens with two attached hydrogens (primary N) is 1. The lowest BCUT2D eigenvalue weighted by molar-refractivity contribution is 1.07. The second-order valence-corrected chi connectivity index (χ2v) is 4.84. The quantitative estimate of drug-likeness (QED) is 0.606. The van der Waals surface area contributed by atoms with Crippen molar-refractivity contribution >= 4 is 17.6 Å². The monoisotopic (exact) mass is 270 g/mol. The summed E-state index contributed by atoms with van der Waals surface area (Å²) in [6, 6.07) is 5.95. The highest BCUT2D eigenvalue weighted by molar-refractivity contribution is 5.85. The molecule has 0 unspecified atom stereocenters. The Morgan fingerprint density at radius 1 is 1.35 bits per heavy atom. The lowest BCUT2D eigenvalue weighted by Crippen LogP contribution is -1.92. The van der Waals surface area contributed by atoms with E-state index < -0.39 is 0 Å². The van der Waals surface area contributed by atoms with E-state index in [-0.39, 0.29) is 0 Å². The van der Waals surface area contributed by atoms with Crippen LogP contribution < -0.4 is 5.73 Å². The number of aryl methyl sites for hydroxylation is 1. The van der Waals surface area contributed by atoms with Crippen LogP contribution in [0, 0.1) is 12.8 Å². The van der Waals surface area contributed by atoms with Crippen molar-refractivity contribution in [2.45, 2.75) is 40.5 Å². The third-order valence-corrected chi connectivity index (χ3v) is 3.36. The van der Waals surface area contributed by atoms with Crippen LogP contribution in [-0.4, -0.2) is 6.21 Å². The average Bonchev–Trinajstić information content (AvgIpc) is 3.29. The van der Waals surface area contributed by atoms with Crippen molar-refractivity contribution in [3.63, 3.8) is 0 Å². The third-order valence-electron chi connectivity index (χ3n) is 3.36. The van der Waals surface area contributed by atoms with Gasteiger partial charge in [0.2, 0.25) is 0 Å². The standard InChI is InChI=1S/C16H20N2.C2H6/c1-4-13(14-7-8-14)10-18-12(3)15-6-5-11(2)16(17)9-15;1-2/h4-6,9-10,14H,3,7-8,17H2,1-2H3;1-2H3/b13-4+,18-10?;. The van der Waals surface area contributed by atoms with E-state index >= 15 is 0 Å². The lowest BCUT2D eigenvalue weighted by Gasteiger charge is -2.05. The first-order chi connectivity index (χ1) is 9.61. The summed E-state index contributed by atoms with van der Waals surface area (Å²) in [5.74, 6) is 0.717. The molecule has 0 amide bonds. The number of hydrogen-bond acceptors (Lipinski definition) is 2.